The minimum atomic E-state index is 0.440. The second kappa shape index (κ2) is 6.41. The SMILES string of the molecule is C=CCCCN[C@H](C)c1ccc(C)cc1. The van der Waals surface area contributed by atoms with Crippen LogP contribution in [0.5, 0.6) is 0 Å². The smallest absolute Gasteiger partial charge is 0.0291 e. The highest BCUT2D eigenvalue weighted by atomic mass is 14.9. The molecule has 15 heavy (non-hydrogen) atoms. The molecule has 0 saturated heterocycles. The first-order chi connectivity index (χ1) is 7.24. The zero-order valence-electron chi connectivity index (χ0n) is 9.79. The van der Waals surface area contributed by atoms with E-state index in [9.17, 15) is 0 Å². The van der Waals surface area contributed by atoms with Gasteiger partial charge in [0.1, 0.15) is 0 Å². The fourth-order valence-corrected chi connectivity index (χ4v) is 1.54. The largest absolute Gasteiger partial charge is 0.310 e. The van der Waals surface area contributed by atoms with Crippen LogP contribution in [0, 0.1) is 6.92 Å². The van der Waals surface area contributed by atoms with Gasteiger partial charge in [0.2, 0.25) is 0 Å². The normalized spacial score (nSPS) is 12.4. The average Bonchev–Trinajstić information content (AvgIpc) is 2.25. The minimum Gasteiger partial charge on any atom is -0.310 e. The molecule has 0 aromatic heterocycles. The summed E-state index contributed by atoms with van der Waals surface area (Å²) in [6, 6.07) is 9.16. The van der Waals surface area contributed by atoms with Gasteiger partial charge in [0.25, 0.3) is 0 Å². The van der Waals surface area contributed by atoms with Gasteiger partial charge in [-0.15, -0.1) is 6.58 Å². The summed E-state index contributed by atoms with van der Waals surface area (Å²) in [7, 11) is 0. The fraction of sp³-hybridized carbons (Fsp3) is 0.429. The Balaban J connectivity index is 2.36. The second-order valence-corrected chi connectivity index (χ2v) is 4.02. The van der Waals surface area contributed by atoms with Crippen LogP contribution in [0.3, 0.4) is 0 Å². The summed E-state index contributed by atoms with van der Waals surface area (Å²) in [5.74, 6) is 0. The van der Waals surface area contributed by atoms with E-state index in [0.29, 0.717) is 6.04 Å². The maximum absolute atomic E-state index is 3.72. The molecule has 0 amide bonds. The number of nitrogens with one attached hydrogen (secondary N) is 1. The minimum absolute atomic E-state index is 0.440. The first-order valence-corrected chi connectivity index (χ1v) is 5.65. The van der Waals surface area contributed by atoms with Crippen molar-refractivity contribution in [3.63, 3.8) is 0 Å². The predicted molar refractivity (Wildman–Crippen MR) is 67.0 cm³/mol. The third kappa shape index (κ3) is 4.30. The van der Waals surface area contributed by atoms with Gasteiger partial charge < -0.3 is 5.32 Å². The Hall–Kier alpha value is -1.08. The molecule has 0 saturated carbocycles. The number of hydrogen-bond acceptors (Lipinski definition) is 1. The molecule has 1 atom stereocenters. The molecule has 0 unspecified atom stereocenters. The first kappa shape index (κ1) is 12.0. The van der Waals surface area contributed by atoms with Crippen LogP contribution in [0.4, 0.5) is 0 Å². The van der Waals surface area contributed by atoms with Crippen LogP contribution >= 0.6 is 0 Å². The van der Waals surface area contributed by atoms with E-state index in [1.54, 1.807) is 0 Å². The summed E-state index contributed by atoms with van der Waals surface area (Å²) in [4.78, 5) is 0. The topological polar surface area (TPSA) is 12.0 Å². The standard InChI is InChI=1S/C14H21N/c1-4-5-6-11-15-13(3)14-9-7-12(2)8-10-14/h4,7-10,13,15H,1,5-6,11H2,2-3H3/t13-/m1/s1. The molecule has 1 N–H and O–H groups in total. The molecule has 1 nitrogen and oxygen atoms in total. The van der Waals surface area contributed by atoms with Gasteiger partial charge >= 0.3 is 0 Å². The van der Waals surface area contributed by atoms with Crippen molar-refractivity contribution >= 4 is 0 Å². The number of aryl methyl sites for hydroxylation is 1. The summed E-state index contributed by atoms with van der Waals surface area (Å²) in [6.45, 7) is 9.10. The van der Waals surface area contributed by atoms with E-state index in [2.05, 4.69) is 50.0 Å². The fourth-order valence-electron chi connectivity index (χ4n) is 1.54. The molecular formula is C14H21N. The Morgan fingerprint density at radius 2 is 2.00 bits per heavy atom. The Kier molecular flexibility index (Phi) is 5.13. The van der Waals surface area contributed by atoms with Crippen LogP contribution in [0.2, 0.25) is 0 Å². The third-order valence-corrected chi connectivity index (χ3v) is 2.61. The van der Waals surface area contributed by atoms with E-state index in [-0.39, 0.29) is 0 Å². The molecule has 1 aromatic rings. The number of benzene rings is 1. The van der Waals surface area contributed by atoms with Crippen molar-refractivity contribution in [1.82, 2.24) is 5.32 Å². The molecule has 0 fully saturated rings. The highest BCUT2D eigenvalue weighted by Gasteiger charge is 2.02. The van der Waals surface area contributed by atoms with E-state index in [0.717, 1.165) is 13.0 Å². The molecule has 0 aliphatic carbocycles. The Bertz CT molecular complexity index is 287. The number of rotatable bonds is 6. The molecule has 0 heterocycles. The van der Waals surface area contributed by atoms with Crippen LogP contribution in [0.15, 0.2) is 36.9 Å². The van der Waals surface area contributed by atoms with Crippen molar-refractivity contribution in [1.29, 1.82) is 0 Å². The Labute approximate surface area is 93.2 Å². The van der Waals surface area contributed by atoms with Crippen LogP contribution in [-0.2, 0) is 0 Å². The Morgan fingerprint density at radius 1 is 1.33 bits per heavy atom. The van der Waals surface area contributed by atoms with E-state index >= 15 is 0 Å². The number of hydrogen-bond donors (Lipinski definition) is 1. The summed E-state index contributed by atoms with van der Waals surface area (Å²) >= 11 is 0. The summed E-state index contributed by atoms with van der Waals surface area (Å²) in [6.07, 6.45) is 4.23. The van der Waals surface area contributed by atoms with Gasteiger partial charge in [-0.1, -0.05) is 35.9 Å². The van der Waals surface area contributed by atoms with E-state index in [1.807, 2.05) is 6.08 Å². The lowest BCUT2D eigenvalue weighted by Gasteiger charge is -2.14. The molecule has 0 aliphatic heterocycles. The zero-order valence-corrected chi connectivity index (χ0v) is 9.79. The van der Waals surface area contributed by atoms with Crippen molar-refractivity contribution in [2.75, 3.05) is 6.54 Å². The second-order valence-electron chi connectivity index (χ2n) is 4.02. The van der Waals surface area contributed by atoms with Gasteiger partial charge in [0.05, 0.1) is 0 Å². The molecule has 0 radical (unpaired) electrons. The van der Waals surface area contributed by atoms with Gasteiger partial charge in [0, 0.05) is 6.04 Å². The quantitative estimate of drug-likeness (QED) is 0.550. The monoisotopic (exact) mass is 203 g/mol. The number of allylic oxidation sites excluding steroid dienone is 1. The molecule has 1 aromatic carbocycles. The molecule has 0 spiro atoms. The van der Waals surface area contributed by atoms with Crippen molar-refractivity contribution in [3.05, 3.63) is 48.0 Å². The summed E-state index contributed by atoms with van der Waals surface area (Å²) in [5, 5.41) is 3.51. The lowest BCUT2D eigenvalue weighted by Crippen LogP contribution is -2.19. The maximum Gasteiger partial charge on any atom is 0.0291 e. The Morgan fingerprint density at radius 3 is 2.60 bits per heavy atom. The highest BCUT2D eigenvalue weighted by Crippen LogP contribution is 2.12. The van der Waals surface area contributed by atoms with Crippen LogP contribution < -0.4 is 5.32 Å². The van der Waals surface area contributed by atoms with Crippen molar-refractivity contribution in [2.45, 2.75) is 32.7 Å². The van der Waals surface area contributed by atoms with Crippen LogP contribution in [-0.4, -0.2) is 6.54 Å². The lowest BCUT2D eigenvalue weighted by atomic mass is 10.1. The molecule has 1 rings (SSSR count). The van der Waals surface area contributed by atoms with E-state index < -0.39 is 0 Å². The van der Waals surface area contributed by atoms with Crippen molar-refractivity contribution < 1.29 is 0 Å². The van der Waals surface area contributed by atoms with Gasteiger partial charge in [0.15, 0.2) is 0 Å². The zero-order chi connectivity index (χ0) is 11.1. The molecule has 0 bridgehead atoms. The van der Waals surface area contributed by atoms with Gasteiger partial charge in [-0.3, -0.25) is 0 Å². The lowest BCUT2D eigenvalue weighted by molar-refractivity contribution is 0.561. The average molecular weight is 203 g/mol. The predicted octanol–water partition coefficient (Wildman–Crippen LogP) is 3.61. The molecular weight excluding hydrogens is 182 g/mol. The molecule has 82 valence electrons. The third-order valence-electron chi connectivity index (χ3n) is 2.61. The number of unbranched alkanes of at least 4 members (excludes halogenated alkanes) is 1. The highest BCUT2D eigenvalue weighted by molar-refractivity contribution is 5.23. The van der Waals surface area contributed by atoms with Crippen molar-refractivity contribution in [3.8, 4) is 0 Å². The summed E-state index contributed by atoms with van der Waals surface area (Å²) in [5.41, 5.74) is 2.68. The molecule has 1 heteroatoms. The molecule has 0 aliphatic rings. The maximum atomic E-state index is 3.72. The van der Waals surface area contributed by atoms with E-state index in [1.165, 1.54) is 17.5 Å². The van der Waals surface area contributed by atoms with Gasteiger partial charge in [-0.2, -0.15) is 0 Å². The summed E-state index contributed by atoms with van der Waals surface area (Å²) < 4.78 is 0. The van der Waals surface area contributed by atoms with E-state index in [4.69, 9.17) is 0 Å². The van der Waals surface area contributed by atoms with Crippen molar-refractivity contribution in [2.24, 2.45) is 0 Å². The van der Waals surface area contributed by atoms with Gasteiger partial charge in [-0.25, -0.2) is 0 Å². The van der Waals surface area contributed by atoms with Crippen LogP contribution in [0.25, 0.3) is 0 Å². The van der Waals surface area contributed by atoms with Gasteiger partial charge in [-0.05, 0) is 38.8 Å². The first-order valence-electron chi connectivity index (χ1n) is 5.65. The van der Waals surface area contributed by atoms with Crippen LogP contribution in [0.1, 0.15) is 36.9 Å².